The van der Waals surface area contributed by atoms with Crippen molar-refractivity contribution in [2.75, 3.05) is 0 Å². The van der Waals surface area contributed by atoms with E-state index in [1.165, 1.54) is 0 Å². The van der Waals surface area contributed by atoms with Crippen molar-refractivity contribution in [3.05, 3.63) is 0 Å². The molecule has 0 aromatic carbocycles. The van der Waals surface area contributed by atoms with Crippen molar-refractivity contribution in [2.45, 2.75) is 0 Å². The molecular weight excluding hydrogens is 149 g/mol. The standard InChI is InChI=1S/BH3O3.3H3N.3H2O/c2-1(3)4;;;;;;/h2-4H;3*1H3;3*1H2. The quantitative estimate of drug-likeness (QED) is 0.195. The normalized spacial score (nSPS) is 2.70. The minimum Gasteiger partial charge on any atom is -0.412 e. The molecule has 0 saturated carbocycles. The zero-order chi connectivity index (χ0) is 3.58. The summed E-state index contributed by atoms with van der Waals surface area (Å²) >= 11 is 0. The van der Waals surface area contributed by atoms with Gasteiger partial charge in [-0.3, -0.25) is 0 Å². The Morgan fingerprint density at radius 1 is 0.600 bits per heavy atom. The molecule has 0 amide bonds. The molecule has 10 heavy (non-hydrogen) atoms. The van der Waals surface area contributed by atoms with Crippen LogP contribution >= 0.6 is 0 Å². The lowest BCUT2D eigenvalue weighted by Gasteiger charge is -1.69. The first-order chi connectivity index (χ1) is 1.73. The average Bonchev–Trinajstić information content (AvgIpc) is 0.811. The summed E-state index contributed by atoms with van der Waals surface area (Å²) in [5, 5.41) is 21.5. The van der Waals surface area contributed by atoms with Crippen molar-refractivity contribution in [3.8, 4) is 0 Å². The highest BCUT2D eigenvalue weighted by Gasteiger charge is 1.92. The van der Waals surface area contributed by atoms with Crippen LogP contribution in [0.4, 0.5) is 0 Å². The second-order valence-corrected chi connectivity index (χ2v) is 0.346. The Hall–Kier alpha value is -0.295. The van der Waals surface area contributed by atoms with Crippen molar-refractivity contribution >= 4 is 7.32 Å². The Labute approximate surface area is 58.5 Å². The maximum Gasteiger partial charge on any atom is 0.631 e. The molecular formula is H18BN3O6. The molecule has 10 heteroatoms. The van der Waals surface area contributed by atoms with E-state index in [9.17, 15) is 0 Å². The van der Waals surface area contributed by atoms with Crippen LogP contribution in [0.15, 0.2) is 0 Å². The lowest BCUT2D eigenvalue weighted by atomic mass is 10.3. The fourth-order valence-corrected chi connectivity index (χ4v) is 0. The summed E-state index contributed by atoms with van der Waals surface area (Å²) in [6.07, 6.45) is 0. The Kier molecular flexibility index (Phi) is 710. The first kappa shape index (κ1) is 101. The molecule has 0 heterocycles. The third-order valence-corrected chi connectivity index (χ3v) is 0. The zero-order valence-corrected chi connectivity index (χ0v) is 5.54. The van der Waals surface area contributed by atoms with Crippen molar-refractivity contribution < 1.29 is 31.5 Å². The van der Waals surface area contributed by atoms with Gasteiger partial charge in [0.1, 0.15) is 0 Å². The predicted octanol–water partition coefficient (Wildman–Crippen LogP) is -4.04. The van der Waals surface area contributed by atoms with Crippen molar-refractivity contribution in [1.29, 1.82) is 0 Å². The topological polar surface area (TPSA) is 260 Å². The minimum absolute atomic E-state index is 0. The van der Waals surface area contributed by atoms with Gasteiger partial charge in [-0.05, 0) is 0 Å². The summed E-state index contributed by atoms with van der Waals surface area (Å²) in [5.74, 6) is 0. The Bertz CT molecular complexity index is 17.7. The van der Waals surface area contributed by atoms with Crippen LogP contribution in [-0.4, -0.2) is 38.8 Å². The molecule has 0 fully saturated rings. The molecule has 18 N–H and O–H groups in total. The van der Waals surface area contributed by atoms with E-state index in [0.717, 1.165) is 0 Å². The third kappa shape index (κ3) is 3980. The van der Waals surface area contributed by atoms with E-state index in [-0.39, 0.29) is 34.9 Å². The van der Waals surface area contributed by atoms with E-state index < -0.39 is 7.32 Å². The molecule has 0 rings (SSSR count). The van der Waals surface area contributed by atoms with Crippen LogP contribution in [-0.2, 0) is 0 Å². The van der Waals surface area contributed by atoms with Gasteiger partial charge in [0.15, 0.2) is 0 Å². The molecule has 0 spiro atoms. The van der Waals surface area contributed by atoms with Gasteiger partial charge < -0.3 is 50.0 Å². The van der Waals surface area contributed by atoms with Crippen molar-refractivity contribution in [1.82, 2.24) is 18.5 Å². The lowest BCUT2D eigenvalue weighted by Crippen LogP contribution is -2.07. The Morgan fingerprint density at radius 3 is 0.600 bits per heavy atom. The van der Waals surface area contributed by atoms with Gasteiger partial charge in [-0.1, -0.05) is 0 Å². The van der Waals surface area contributed by atoms with Gasteiger partial charge in [0.05, 0.1) is 0 Å². The van der Waals surface area contributed by atoms with Crippen LogP contribution in [0.25, 0.3) is 0 Å². The zero-order valence-electron chi connectivity index (χ0n) is 5.54. The first-order valence-electron chi connectivity index (χ1n) is 0.775. The predicted molar refractivity (Wildman–Crippen MR) is 38.3 cm³/mol. The molecule has 0 unspecified atom stereocenters. The monoisotopic (exact) mass is 167 g/mol. The highest BCUT2D eigenvalue weighted by atomic mass is 16.5. The number of hydrogen-bond acceptors (Lipinski definition) is 6. The summed E-state index contributed by atoms with van der Waals surface area (Å²) < 4.78 is 0. The summed E-state index contributed by atoms with van der Waals surface area (Å²) in [4.78, 5) is 0. The molecule has 0 radical (unpaired) electrons. The first-order valence-corrected chi connectivity index (χ1v) is 0.775. The van der Waals surface area contributed by atoms with E-state index in [1.54, 1.807) is 0 Å². The van der Waals surface area contributed by atoms with E-state index >= 15 is 0 Å². The fourth-order valence-electron chi connectivity index (χ4n) is 0. The lowest BCUT2D eigenvalue weighted by molar-refractivity contribution is 0.278. The number of rotatable bonds is 0. The van der Waals surface area contributed by atoms with Crippen molar-refractivity contribution in [3.63, 3.8) is 0 Å². The SMILES string of the molecule is N.N.N.O.O.O.OB(O)O. The van der Waals surface area contributed by atoms with Gasteiger partial charge in [0.2, 0.25) is 0 Å². The molecule has 0 atom stereocenters. The molecule has 72 valence electrons. The van der Waals surface area contributed by atoms with Crippen LogP contribution in [0.5, 0.6) is 0 Å². The maximum absolute atomic E-state index is 7.17. The highest BCUT2D eigenvalue weighted by molar-refractivity contribution is 6.30. The molecule has 0 bridgehead atoms. The third-order valence-electron chi connectivity index (χ3n) is 0. The summed E-state index contributed by atoms with van der Waals surface area (Å²) in [6, 6.07) is 0. The highest BCUT2D eigenvalue weighted by Crippen LogP contribution is 1.40. The Morgan fingerprint density at radius 2 is 0.600 bits per heavy atom. The van der Waals surface area contributed by atoms with Crippen LogP contribution in [0.2, 0.25) is 0 Å². The van der Waals surface area contributed by atoms with Gasteiger partial charge in [-0.2, -0.15) is 0 Å². The van der Waals surface area contributed by atoms with Gasteiger partial charge in [0, 0.05) is 0 Å². The second-order valence-electron chi connectivity index (χ2n) is 0.346. The van der Waals surface area contributed by atoms with E-state index in [4.69, 9.17) is 15.1 Å². The van der Waals surface area contributed by atoms with Crippen LogP contribution in [0.1, 0.15) is 0 Å². The Balaban J connectivity index is -0.00000000300. The van der Waals surface area contributed by atoms with Gasteiger partial charge in [-0.25, -0.2) is 0 Å². The van der Waals surface area contributed by atoms with Gasteiger partial charge >= 0.3 is 7.32 Å². The smallest absolute Gasteiger partial charge is 0.412 e. The minimum atomic E-state index is -2.17. The summed E-state index contributed by atoms with van der Waals surface area (Å²) in [5.41, 5.74) is 0. The largest absolute Gasteiger partial charge is 0.631 e. The van der Waals surface area contributed by atoms with Crippen LogP contribution in [0, 0.1) is 0 Å². The summed E-state index contributed by atoms with van der Waals surface area (Å²) in [6.45, 7) is 0. The molecule has 0 aliphatic carbocycles. The van der Waals surface area contributed by atoms with Crippen LogP contribution in [0.3, 0.4) is 0 Å². The molecule has 9 nitrogen and oxygen atoms in total. The van der Waals surface area contributed by atoms with Crippen molar-refractivity contribution in [2.24, 2.45) is 0 Å². The van der Waals surface area contributed by atoms with E-state index in [0.29, 0.717) is 0 Å². The average molecular weight is 167 g/mol. The van der Waals surface area contributed by atoms with E-state index in [1.807, 2.05) is 0 Å². The van der Waals surface area contributed by atoms with E-state index in [2.05, 4.69) is 0 Å². The molecule has 0 aromatic heterocycles. The molecule has 0 saturated heterocycles. The summed E-state index contributed by atoms with van der Waals surface area (Å²) in [7, 11) is -2.17. The van der Waals surface area contributed by atoms with Gasteiger partial charge in [0.25, 0.3) is 0 Å². The van der Waals surface area contributed by atoms with Gasteiger partial charge in [-0.15, -0.1) is 0 Å². The fraction of sp³-hybridized carbons (Fsp3) is 0. The second kappa shape index (κ2) is 70.6. The number of hydrogen-bond donors (Lipinski definition) is 6. The molecule has 0 aliphatic heterocycles. The molecule has 0 aliphatic rings. The molecule has 0 aromatic rings. The maximum atomic E-state index is 7.17. The van der Waals surface area contributed by atoms with Crippen LogP contribution < -0.4 is 18.5 Å².